The monoisotopic (exact) mass is 497 g/mol. The van der Waals surface area contributed by atoms with E-state index in [-0.39, 0.29) is 18.4 Å². The van der Waals surface area contributed by atoms with Gasteiger partial charge in [-0.3, -0.25) is 9.59 Å². The van der Waals surface area contributed by atoms with Gasteiger partial charge in [-0.25, -0.2) is 4.98 Å². The summed E-state index contributed by atoms with van der Waals surface area (Å²) >= 11 is 1.52. The highest BCUT2D eigenvalue weighted by Gasteiger charge is 2.26. The molecule has 0 aliphatic heterocycles. The number of fused-ring (bicyclic) bond motifs is 2. The molecule has 1 aliphatic carbocycles. The number of rotatable bonds is 6. The number of imidazole rings is 1. The Hall–Kier alpha value is -3.96. The van der Waals surface area contributed by atoms with Crippen molar-refractivity contribution in [2.75, 3.05) is 5.32 Å². The molecule has 2 aromatic heterocycles. The summed E-state index contributed by atoms with van der Waals surface area (Å²) in [6.45, 7) is 4.10. The molecule has 2 amide bonds. The van der Waals surface area contributed by atoms with Crippen LogP contribution >= 0.6 is 11.3 Å². The third-order valence-corrected chi connectivity index (χ3v) is 7.80. The fraction of sp³-hybridized carbons (Fsp3) is 0.286. The van der Waals surface area contributed by atoms with Crippen LogP contribution in [0.1, 0.15) is 58.5 Å². The lowest BCUT2D eigenvalue weighted by Gasteiger charge is -2.17. The summed E-state index contributed by atoms with van der Waals surface area (Å²) in [7, 11) is 0. The molecule has 0 saturated heterocycles. The Labute approximate surface area is 213 Å². The van der Waals surface area contributed by atoms with Gasteiger partial charge in [-0.1, -0.05) is 37.3 Å². The van der Waals surface area contributed by atoms with Gasteiger partial charge in [0.25, 0.3) is 5.91 Å². The van der Waals surface area contributed by atoms with Crippen LogP contribution in [0.5, 0.6) is 0 Å². The van der Waals surface area contributed by atoms with Gasteiger partial charge in [0.2, 0.25) is 5.91 Å². The van der Waals surface area contributed by atoms with Crippen LogP contribution in [0.2, 0.25) is 0 Å². The first-order chi connectivity index (χ1) is 17.4. The van der Waals surface area contributed by atoms with Crippen LogP contribution in [0.4, 0.5) is 5.00 Å². The summed E-state index contributed by atoms with van der Waals surface area (Å²) in [5, 5.41) is 16.4. The normalized spacial score (nSPS) is 15.6. The summed E-state index contributed by atoms with van der Waals surface area (Å²) < 4.78 is 1.84. The average molecular weight is 498 g/mol. The molecule has 0 bridgehead atoms. The molecule has 2 unspecified atom stereocenters. The molecule has 182 valence electrons. The van der Waals surface area contributed by atoms with Crippen LogP contribution < -0.4 is 10.6 Å². The summed E-state index contributed by atoms with van der Waals surface area (Å²) in [4.78, 5) is 31.9. The minimum Gasteiger partial charge on any atom is -0.342 e. The van der Waals surface area contributed by atoms with Gasteiger partial charge in [-0.15, -0.1) is 11.3 Å². The van der Waals surface area contributed by atoms with Gasteiger partial charge in [0.1, 0.15) is 23.4 Å². The molecular weight excluding hydrogens is 470 g/mol. The number of benzene rings is 2. The molecule has 36 heavy (non-hydrogen) atoms. The van der Waals surface area contributed by atoms with E-state index in [9.17, 15) is 14.9 Å². The molecule has 0 saturated carbocycles. The second-order valence-electron chi connectivity index (χ2n) is 9.32. The minimum atomic E-state index is -0.428. The molecular formula is C28H27N5O2S. The lowest BCUT2D eigenvalue weighted by molar-refractivity contribution is -0.116. The second kappa shape index (κ2) is 9.96. The topological polar surface area (TPSA) is 99.8 Å². The van der Waals surface area contributed by atoms with Crippen LogP contribution in [0.3, 0.4) is 0 Å². The van der Waals surface area contributed by atoms with E-state index in [0.717, 1.165) is 35.9 Å². The average Bonchev–Trinajstić information content (AvgIpc) is 3.41. The van der Waals surface area contributed by atoms with Crippen molar-refractivity contribution in [1.82, 2.24) is 14.9 Å². The van der Waals surface area contributed by atoms with Crippen LogP contribution in [-0.2, 0) is 24.2 Å². The minimum absolute atomic E-state index is 0.0191. The lowest BCUT2D eigenvalue weighted by atomic mass is 9.89. The molecule has 4 aromatic rings. The Bertz CT molecular complexity index is 1480. The number of carbonyl (C=O) groups is 2. The number of thiophene rings is 1. The first-order valence-electron chi connectivity index (χ1n) is 12.1. The van der Waals surface area contributed by atoms with E-state index in [4.69, 9.17) is 4.98 Å². The van der Waals surface area contributed by atoms with Gasteiger partial charge >= 0.3 is 0 Å². The number of aromatic nitrogens is 2. The van der Waals surface area contributed by atoms with Crippen LogP contribution in [0.25, 0.3) is 11.0 Å². The smallest absolute Gasteiger partial charge is 0.251 e. The molecule has 2 atom stereocenters. The molecule has 2 N–H and O–H groups in total. The van der Waals surface area contributed by atoms with E-state index >= 15 is 0 Å². The SMILES string of the molecule is CC1CCc2c(sc(NC(=O)Cn3c(C(C)NC(=O)c4ccccc4)nc4ccccc43)c2C#N)C1. The molecule has 8 heteroatoms. The van der Waals surface area contributed by atoms with Gasteiger partial charge in [-0.05, 0) is 61.9 Å². The van der Waals surface area contributed by atoms with Gasteiger partial charge in [0.15, 0.2) is 0 Å². The van der Waals surface area contributed by atoms with Crippen molar-refractivity contribution in [3.05, 3.63) is 82.0 Å². The highest BCUT2D eigenvalue weighted by molar-refractivity contribution is 7.16. The molecule has 0 fully saturated rings. The Kier molecular flexibility index (Phi) is 6.57. The third-order valence-electron chi connectivity index (χ3n) is 6.63. The number of carbonyl (C=O) groups excluding carboxylic acids is 2. The largest absolute Gasteiger partial charge is 0.342 e. The van der Waals surface area contributed by atoms with Crippen molar-refractivity contribution in [2.45, 2.75) is 45.7 Å². The predicted molar refractivity (Wildman–Crippen MR) is 141 cm³/mol. The zero-order valence-corrected chi connectivity index (χ0v) is 21.1. The molecule has 2 heterocycles. The molecule has 5 rings (SSSR count). The summed E-state index contributed by atoms with van der Waals surface area (Å²) in [5.41, 5.74) is 3.80. The fourth-order valence-corrected chi connectivity index (χ4v) is 6.17. The molecule has 1 aliphatic rings. The third kappa shape index (κ3) is 4.62. The van der Waals surface area contributed by atoms with E-state index in [2.05, 4.69) is 23.6 Å². The van der Waals surface area contributed by atoms with E-state index < -0.39 is 6.04 Å². The van der Waals surface area contributed by atoms with Gasteiger partial charge in [0.05, 0.1) is 22.6 Å². The lowest BCUT2D eigenvalue weighted by Crippen LogP contribution is -2.30. The summed E-state index contributed by atoms with van der Waals surface area (Å²) in [5.74, 6) is 0.737. The van der Waals surface area contributed by atoms with Crippen LogP contribution in [0.15, 0.2) is 54.6 Å². The number of nitrogens with one attached hydrogen (secondary N) is 2. The van der Waals surface area contributed by atoms with E-state index in [1.807, 2.05) is 54.0 Å². The Balaban J connectivity index is 1.40. The first kappa shape index (κ1) is 23.8. The van der Waals surface area contributed by atoms with E-state index in [1.165, 1.54) is 16.2 Å². The van der Waals surface area contributed by atoms with Crippen molar-refractivity contribution in [1.29, 1.82) is 5.26 Å². The number of nitrogens with zero attached hydrogens (tertiary/aromatic N) is 3. The maximum atomic E-state index is 13.2. The number of para-hydroxylation sites is 2. The second-order valence-corrected chi connectivity index (χ2v) is 10.4. The predicted octanol–water partition coefficient (Wildman–Crippen LogP) is 5.22. The van der Waals surface area contributed by atoms with E-state index in [1.54, 1.807) is 12.1 Å². The van der Waals surface area contributed by atoms with Crippen molar-refractivity contribution in [3.8, 4) is 6.07 Å². The van der Waals surface area contributed by atoms with Gasteiger partial charge in [0, 0.05) is 10.4 Å². The summed E-state index contributed by atoms with van der Waals surface area (Å²) in [6, 6.07) is 18.5. The number of hydrogen-bond acceptors (Lipinski definition) is 5. The Morgan fingerprint density at radius 1 is 1.19 bits per heavy atom. The van der Waals surface area contributed by atoms with E-state index in [0.29, 0.717) is 27.9 Å². The number of anilines is 1. The fourth-order valence-electron chi connectivity index (χ4n) is 4.79. The van der Waals surface area contributed by atoms with Gasteiger partial charge < -0.3 is 15.2 Å². The zero-order chi connectivity index (χ0) is 25.2. The Morgan fingerprint density at radius 2 is 1.94 bits per heavy atom. The maximum Gasteiger partial charge on any atom is 0.251 e. The molecule has 0 radical (unpaired) electrons. The molecule has 7 nitrogen and oxygen atoms in total. The van der Waals surface area contributed by atoms with Crippen LogP contribution in [-0.4, -0.2) is 21.4 Å². The first-order valence-corrected chi connectivity index (χ1v) is 12.9. The molecule has 2 aromatic carbocycles. The summed E-state index contributed by atoms with van der Waals surface area (Å²) in [6.07, 6.45) is 2.88. The number of hydrogen-bond donors (Lipinski definition) is 2. The number of nitriles is 1. The van der Waals surface area contributed by atoms with Crippen LogP contribution in [0, 0.1) is 17.2 Å². The Morgan fingerprint density at radius 3 is 2.72 bits per heavy atom. The molecule has 0 spiro atoms. The van der Waals surface area contributed by atoms with Gasteiger partial charge in [-0.2, -0.15) is 5.26 Å². The van der Waals surface area contributed by atoms with Crippen molar-refractivity contribution < 1.29 is 9.59 Å². The highest BCUT2D eigenvalue weighted by Crippen LogP contribution is 2.39. The standard InChI is InChI=1S/C28H27N5O2S/c1-17-12-13-20-21(15-29)28(36-24(20)14-17)32-25(34)16-33-23-11-7-6-10-22(23)31-26(33)18(2)30-27(35)19-8-4-3-5-9-19/h3-11,17-18H,12-14,16H2,1-2H3,(H,30,35)(H,32,34). The van der Waals surface area contributed by atoms with Crippen molar-refractivity contribution >= 4 is 39.2 Å². The van der Waals surface area contributed by atoms with Crippen molar-refractivity contribution in [3.63, 3.8) is 0 Å². The maximum absolute atomic E-state index is 13.2. The number of amides is 2. The highest BCUT2D eigenvalue weighted by atomic mass is 32.1. The zero-order valence-electron chi connectivity index (χ0n) is 20.2. The quantitative estimate of drug-likeness (QED) is 0.381. The van der Waals surface area contributed by atoms with Crippen molar-refractivity contribution in [2.24, 2.45) is 5.92 Å².